The highest BCUT2D eigenvalue weighted by Crippen LogP contribution is 2.32. The highest BCUT2D eigenvalue weighted by molar-refractivity contribution is 7.18. The molecule has 1 aromatic carbocycles. The number of hydrogen-bond donors (Lipinski definition) is 1. The third kappa shape index (κ3) is 3.61. The van der Waals surface area contributed by atoms with Crippen LogP contribution in [-0.4, -0.2) is 23.3 Å². The van der Waals surface area contributed by atoms with Gasteiger partial charge in [-0.1, -0.05) is 0 Å². The summed E-state index contributed by atoms with van der Waals surface area (Å²) in [6.07, 6.45) is -3.91. The quantitative estimate of drug-likeness (QED) is 0.878. The second kappa shape index (κ2) is 5.97. The first-order valence-electron chi connectivity index (χ1n) is 5.69. The van der Waals surface area contributed by atoms with E-state index in [1.807, 2.05) is 0 Å². The molecule has 0 atom stereocenters. The molecule has 108 valence electrons. The standard InChI is InChI=1S/C12H10ClF3N2OS/c13-6-10(19)17-4-3-11-18-8-5-7(12(14,15)16)1-2-9(8)20-11/h1-2,5H,3-4,6H2,(H,17,19). The lowest BCUT2D eigenvalue weighted by molar-refractivity contribution is -0.137. The zero-order chi connectivity index (χ0) is 14.8. The molecule has 0 radical (unpaired) electrons. The molecule has 2 aromatic rings. The predicted molar refractivity (Wildman–Crippen MR) is 72.1 cm³/mol. The number of amides is 1. The SMILES string of the molecule is O=C(CCl)NCCc1nc2cc(C(F)(F)F)ccc2s1. The Hall–Kier alpha value is -1.34. The van der Waals surface area contributed by atoms with E-state index >= 15 is 0 Å². The number of thiazole rings is 1. The van der Waals surface area contributed by atoms with Crippen LogP contribution in [0.1, 0.15) is 10.6 Å². The summed E-state index contributed by atoms with van der Waals surface area (Å²) in [5, 5.41) is 3.25. The van der Waals surface area contributed by atoms with Crippen LogP contribution < -0.4 is 5.32 Å². The molecule has 0 fully saturated rings. The summed E-state index contributed by atoms with van der Waals surface area (Å²) in [5.41, 5.74) is -0.388. The highest BCUT2D eigenvalue weighted by atomic mass is 35.5. The predicted octanol–water partition coefficient (Wildman–Crippen LogP) is 3.21. The fraction of sp³-hybridized carbons (Fsp3) is 0.333. The largest absolute Gasteiger partial charge is 0.416 e. The van der Waals surface area contributed by atoms with Gasteiger partial charge in [0.2, 0.25) is 5.91 Å². The third-order valence-electron chi connectivity index (χ3n) is 2.54. The van der Waals surface area contributed by atoms with Crippen molar-refractivity contribution in [1.29, 1.82) is 0 Å². The second-order valence-electron chi connectivity index (χ2n) is 4.02. The van der Waals surface area contributed by atoms with E-state index in [2.05, 4.69) is 10.3 Å². The zero-order valence-electron chi connectivity index (χ0n) is 10.1. The van der Waals surface area contributed by atoms with E-state index in [9.17, 15) is 18.0 Å². The Balaban J connectivity index is 2.11. The number of hydrogen-bond acceptors (Lipinski definition) is 3. The van der Waals surface area contributed by atoms with Crippen LogP contribution in [0.3, 0.4) is 0 Å². The first-order valence-corrected chi connectivity index (χ1v) is 7.04. The monoisotopic (exact) mass is 322 g/mol. The minimum Gasteiger partial charge on any atom is -0.355 e. The van der Waals surface area contributed by atoms with E-state index in [1.54, 1.807) is 0 Å². The zero-order valence-corrected chi connectivity index (χ0v) is 11.7. The Bertz CT molecular complexity index is 627. The van der Waals surface area contributed by atoms with Gasteiger partial charge in [-0.2, -0.15) is 13.2 Å². The molecule has 1 aromatic heterocycles. The molecule has 3 nitrogen and oxygen atoms in total. The van der Waals surface area contributed by atoms with Crippen LogP contribution in [0.4, 0.5) is 13.2 Å². The first-order chi connectivity index (χ1) is 9.40. The van der Waals surface area contributed by atoms with E-state index in [0.717, 1.165) is 12.1 Å². The number of rotatable bonds is 4. The van der Waals surface area contributed by atoms with Gasteiger partial charge >= 0.3 is 6.18 Å². The Labute approximate surface area is 121 Å². The van der Waals surface area contributed by atoms with Crippen LogP contribution in [0.15, 0.2) is 18.2 Å². The van der Waals surface area contributed by atoms with E-state index in [1.165, 1.54) is 17.4 Å². The number of carbonyl (C=O) groups is 1. The smallest absolute Gasteiger partial charge is 0.355 e. The lowest BCUT2D eigenvalue weighted by Gasteiger charge is -2.04. The van der Waals surface area contributed by atoms with Crippen molar-refractivity contribution in [3.63, 3.8) is 0 Å². The topological polar surface area (TPSA) is 42.0 Å². The minimum atomic E-state index is -4.37. The molecular formula is C12H10ClF3N2OS. The average Bonchev–Trinajstić information content (AvgIpc) is 2.78. The lowest BCUT2D eigenvalue weighted by atomic mass is 10.2. The van der Waals surface area contributed by atoms with Gasteiger partial charge in [-0.15, -0.1) is 22.9 Å². The Morgan fingerprint density at radius 2 is 2.15 bits per heavy atom. The molecule has 0 spiro atoms. The molecule has 8 heteroatoms. The van der Waals surface area contributed by atoms with Crippen molar-refractivity contribution in [3.05, 3.63) is 28.8 Å². The number of halogens is 4. The fourth-order valence-electron chi connectivity index (χ4n) is 1.61. The van der Waals surface area contributed by atoms with Crippen molar-refractivity contribution in [2.45, 2.75) is 12.6 Å². The molecule has 0 unspecified atom stereocenters. The van der Waals surface area contributed by atoms with Gasteiger partial charge in [-0.25, -0.2) is 4.98 Å². The Kier molecular flexibility index (Phi) is 4.49. The number of nitrogens with one attached hydrogen (secondary N) is 1. The molecular weight excluding hydrogens is 313 g/mol. The Morgan fingerprint density at radius 3 is 2.80 bits per heavy atom. The number of nitrogens with zero attached hydrogens (tertiary/aromatic N) is 1. The van der Waals surface area contributed by atoms with Crippen LogP contribution in [0.5, 0.6) is 0 Å². The normalized spacial score (nSPS) is 11.8. The van der Waals surface area contributed by atoms with Crippen molar-refractivity contribution in [3.8, 4) is 0 Å². The van der Waals surface area contributed by atoms with Crippen LogP contribution in [0, 0.1) is 0 Å². The van der Waals surface area contributed by atoms with Crippen molar-refractivity contribution in [2.24, 2.45) is 0 Å². The number of alkyl halides is 4. The summed E-state index contributed by atoms with van der Waals surface area (Å²) < 4.78 is 38.4. The highest BCUT2D eigenvalue weighted by Gasteiger charge is 2.30. The molecule has 0 aliphatic heterocycles. The van der Waals surface area contributed by atoms with Crippen molar-refractivity contribution in [2.75, 3.05) is 12.4 Å². The van der Waals surface area contributed by atoms with E-state index in [-0.39, 0.29) is 11.8 Å². The summed E-state index contributed by atoms with van der Waals surface area (Å²) >= 11 is 6.64. The summed E-state index contributed by atoms with van der Waals surface area (Å²) in [7, 11) is 0. The third-order valence-corrected chi connectivity index (χ3v) is 3.88. The van der Waals surface area contributed by atoms with Crippen LogP contribution in [-0.2, 0) is 17.4 Å². The van der Waals surface area contributed by atoms with Crippen molar-refractivity contribution >= 4 is 39.1 Å². The maximum atomic E-state index is 12.6. The van der Waals surface area contributed by atoms with Crippen molar-refractivity contribution < 1.29 is 18.0 Å². The number of aromatic nitrogens is 1. The van der Waals surface area contributed by atoms with Crippen LogP contribution in [0.25, 0.3) is 10.2 Å². The Morgan fingerprint density at radius 1 is 1.40 bits per heavy atom. The van der Waals surface area contributed by atoms with Gasteiger partial charge in [-0.3, -0.25) is 4.79 Å². The van der Waals surface area contributed by atoms with Gasteiger partial charge in [0.1, 0.15) is 5.88 Å². The van der Waals surface area contributed by atoms with Gasteiger partial charge in [0.25, 0.3) is 0 Å². The number of carbonyl (C=O) groups excluding carboxylic acids is 1. The second-order valence-corrected chi connectivity index (χ2v) is 5.40. The number of benzene rings is 1. The molecule has 0 saturated heterocycles. The molecule has 0 aliphatic rings. The summed E-state index contributed by atoms with van der Waals surface area (Å²) in [4.78, 5) is 15.1. The molecule has 0 bridgehead atoms. The van der Waals surface area contributed by atoms with Gasteiger partial charge in [0.15, 0.2) is 0 Å². The fourth-order valence-corrected chi connectivity index (χ4v) is 2.66. The van der Waals surface area contributed by atoms with E-state index in [0.29, 0.717) is 28.2 Å². The van der Waals surface area contributed by atoms with Crippen molar-refractivity contribution in [1.82, 2.24) is 10.3 Å². The summed E-state index contributed by atoms with van der Waals surface area (Å²) in [6, 6.07) is 3.49. The molecule has 1 N–H and O–H groups in total. The summed E-state index contributed by atoms with van der Waals surface area (Å²) in [6.45, 7) is 0.359. The van der Waals surface area contributed by atoms with Gasteiger partial charge < -0.3 is 5.32 Å². The van der Waals surface area contributed by atoms with Gasteiger partial charge in [-0.05, 0) is 18.2 Å². The molecule has 2 rings (SSSR count). The maximum Gasteiger partial charge on any atom is 0.416 e. The first kappa shape index (κ1) is 15.1. The van der Waals surface area contributed by atoms with E-state index < -0.39 is 11.7 Å². The van der Waals surface area contributed by atoms with E-state index in [4.69, 9.17) is 11.6 Å². The van der Waals surface area contributed by atoms with Gasteiger partial charge in [0, 0.05) is 13.0 Å². The molecule has 1 heterocycles. The number of fused-ring (bicyclic) bond motifs is 1. The van der Waals surface area contributed by atoms with Gasteiger partial charge in [0.05, 0.1) is 20.8 Å². The average molecular weight is 323 g/mol. The molecule has 20 heavy (non-hydrogen) atoms. The maximum absolute atomic E-state index is 12.6. The summed E-state index contributed by atoms with van der Waals surface area (Å²) in [5.74, 6) is -0.401. The molecule has 0 saturated carbocycles. The minimum absolute atomic E-state index is 0.116. The molecule has 1 amide bonds. The van der Waals surface area contributed by atoms with Crippen LogP contribution >= 0.6 is 22.9 Å². The van der Waals surface area contributed by atoms with Crippen LogP contribution in [0.2, 0.25) is 0 Å². The lowest BCUT2D eigenvalue weighted by Crippen LogP contribution is -2.26. The molecule has 0 aliphatic carbocycles.